The zero-order valence-electron chi connectivity index (χ0n) is 13.6. The fourth-order valence-electron chi connectivity index (χ4n) is 2.21. The van der Waals surface area contributed by atoms with Gasteiger partial charge in [0.2, 0.25) is 5.91 Å². The van der Waals surface area contributed by atoms with E-state index in [1.807, 2.05) is 0 Å². The highest BCUT2D eigenvalue weighted by Gasteiger charge is 2.25. The molecule has 0 bridgehead atoms. The van der Waals surface area contributed by atoms with Crippen LogP contribution in [0.3, 0.4) is 0 Å². The zero-order chi connectivity index (χ0) is 18.6. The Morgan fingerprint density at radius 3 is 2.40 bits per heavy atom. The number of carbonyl (C=O) groups excluding carboxylic acids is 2. The van der Waals surface area contributed by atoms with E-state index in [0.717, 1.165) is 0 Å². The first-order valence-corrected chi connectivity index (χ1v) is 8.36. The van der Waals surface area contributed by atoms with Crippen molar-refractivity contribution in [1.29, 1.82) is 0 Å². The molecule has 0 aliphatic carbocycles. The van der Waals surface area contributed by atoms with Gasteiger partial charge in [-0.15, -0.1) is 0 Å². The number of hydrogen-bond acceptors (Lipinski definition) is 2. The van der Waals surface area contributed by atoms with E-state index >= 15 is 0 Å². The van der Waals surface area contributed by atoms with Crippen LogP contribution in [0.5, 0.6) is 0 Å². The lowest BCUT2D eigenvalue weighted by atomic mass is 10.0. The van der Waals surface area contributed by atoms with Gasteiger partial charge in [0.1, 0.15) is 11.9 Å². The van der Waals surface area contributed by atoms with Crippen molar-refractivity contribution in [2.75, 3.05) is 5.32 Å². The number of anilines is 1. The second-order valence-electron chi connectivity index (χ2n) is 5.82. The third-order valence-electron chi connectivity index (χ3n) is 3.50. The predicted molar refractivity (Wildman–Crippen MR) is 97.6 cm³/mol. The average Bonchev–Trinajstić information content (AvgIpc) is 2.51. The first kappa shape index (κ1) is 19.2. The molecule has 0 fully saturated rings. The quantitative estimate of drug-likeness (QED) is 0.797. The lowest BCUT2D eigenvalue weighted by Gasteiger charge is -2.22. The number of halogens is 3. The number of carbonyl (C=O) groups is 2. The Kier molecular flexibility index (Phi) is 6.39. The van der Waals surface area contributed by atoms with Gasteiger partial charge in [0, 0.05) is 10.7 Å². The summed E-state index contributed by atoms with van der Waals surface area (Å²) in [7, 11) is 0. The minimum Gasteiger partial charge on any atom is -0.340 e. The van der Waals surface area contributed by atoms with E-state index in [1.54, 1.807) is 26.0 Å². The van der Waals surface area contributed by atoms with Crippen molar-refractivity contribution in [3.8, 4) is 0 Å². The van der Waals surface area contributed by atoms with Crippen LogP contribution >= 0.6 is 23.2 Å². The van der Waals surface area contributed by atoms with Crippen molar-refractivity contribution in [2.45, 2.75) is 19.9 Å². The molecule has 0 spiro atoms. The molecule has 0 aromatic heterocycles. The summed E-state index contributed by atoms with van der Waals surface area (Å²) in [5.74, 6) is -1.59. The number of rotatable bonds is 5. The lowest BCUT2D eigenvalue weighted by Crippen LogP contribution is -2.47. The molecule has 2 amide bonds. The SMILES string of the molecule is CC(C)C(NC(=O)c1ccc(Cl)cc1Cl)C(=O)Nc1cccc(F)c1. The Morgan fingerprint density at radius 2 is 1.80 bits per heavy atom. The second kappa shape index (κ2) is 8.32. The van der Waals surface area contributed by atoms with Crippen molar-refractivity contribution in [1.82, 2.24) is 5.32 Å². The molecule has 0 aliphatic rings. The number of amides is 2. The van der Waals surface area contributed by atoms with Gasteiger partial charge in [-0.3, -0.25) is 9.59 Å². The molecular formula is C18H17Cl2FN2O2. The third kappa shape index (κ3) is 5.18. The first-order valence-electron chi connectivity index (χ1n) is 7.60. The van der Waals surface area contributed by atoms with E-state index in [9.17, 15) is 14.0 Å². The van der Waals surface area contributed by atoms with Crippen molar-refractivity contribution in [2.24, 2.45) is 5.92 Å². The van der Waals surface area contributed by atoms with Crippen molar-refractivity contribution >= 4 is 40.7 Å². The standard InChI is InChI=1S/C18H17Cl2FN2O2/c1-10(2)16(18(25)22-13-5-3-4-12(21)9-13)23-17(24)14-7-6-11(19)8-15(14)20/h3-10,16H,1-2H3,(H,22,25)(H,23,24). The fraction of sp³-hybridized carbons (Fsp3) is 0.222. The lowest BCUT2D eigenvalue weighted by molar-refractivity contribution is -0.118. The van der Waals surface area contributed by atoms with Gasteiger partial charge in [-0.05, 0) is 42.3 Å². The van der Waals surface area contributed by atoms with E-state index < -0.39 is 23.7 Å². The Morgan fingerprint density at radius 1 is 1.08 bits per heavy atom. The van der Waals surface area contributed by atoms with Crippen LogP contribution in [0.4, 0.5) is 10.1 Å². The van der Waals surface area contributed by atoms with Crippen LogP contribution in [0, 0.1) is 11.7 Å². The first-order chi connectivity index (χ1) is 11.8. The average molecular weight is 383 g/mol. The van der Waals surface area contributed by atoms with Crippen LogP contribution in [0.15, 0.2) is 42.5 Å². The topological polar surface area (TPSA) is 58.2 Å². The number of benzene rings is 2. The Labute approximate surface area is 155 Å². The van der Waals surface area contributed by atoms with Gasteiger partial charge in [-0.25, -0.2) is 4.39 Å². The molecule has 0 saturated heterocycles. The van der Waals surface area contributed by atoms with Crippen LogP contribution < -0.4 is 10.6 Å². The van der Waals surface area contributed by atoms with Gasteiger partial charge in [-0.2, -0.15) is 0 Å². The van der Waals surface area contributed by atoms with Crippen molar-refractivity contribution < 1.29 is 14.0 Å². The molecule has 0 saturated carbocycles. The molecule has 2 aromatic carbocycles. The number of hydrogen-bond donors (Lipinski definition) is 2. The Balaban J connectivity index is 2.14. The molecule has 1 unspecified atom stereocenters. The van der Waals surface area contributed by atoms with E-state index in [-0.39, 0.29) is 16.5 Å². The highest BCUT2D eigenvalue weighted by Crippen LogP contribution is 2.21. The molecular weight excluding hydrogens is 366 g/mol. The summed E-state index contributed by atoms with van der Waals surface area (Å²) in [5, 5.41) is 5.85. The largest absolute Gasteiger partial charge is 0.340 e. The molecule has 4 nitrogen and oxygen atoms in total. The van der Waals surface area contributed by atoms with Gasteiger partial charge in [-0.1, -0.05) is 43.1 Å². The smallest absolute Gasteiger partial charge is 0.253 e. The zero-order valence-corrected chi connectivity index (χ0v) is 15.2. The van der Waals surface area contributed by atoms with E-state index in [0.29, 0.717) is 10.7 Å². The van der Waals surface area contributed by atoms with Gasteiger partial charge < -0.3 is 10.6 Å². The van der Waals surface area contributed by atoms with Crippen LogP contribution in [-0.2, 0) is 4.79 Å². The maximum absolute atomic E-state index is 13.2. The van der Waals surface area contributed by atoms with Crippen LogP contribution in [0.25, 0.3) is 0 Å². The van der Waals surface area contributed by atoms with E-state index in [2.05, 4.69) is 10.6 Å². The maximum atomic E-state index is 13.2. The number of nitrogens with one attached hydrogen (secondary N) is 2. The van der Waals surface area contributed by atoms with Gasteiger partial charge in [0.25, 0.3) is 5.91 Å². The Hall–Kier alpha value is -2.11. The molecule has 132 valence electrons. The molecule has 2 aromatic rings. The van der Waals surface area contributed by atoms with Gasteiger partial charge in [0.15, 0.2) is 0 Å². The molecule has 2 N–H and O–H groups in total. The summed E-state index contributed by atoms with van der Waals surface area (Å²) >= 11 is 11.8. The van der Waals surface area contributed by atoms with Crippen LogP contribution in [0.1, 0.15) is 24.2 Å². The summed E-state index contributed by atoms with van der Waals surface area (Å²) in [6.07, 6.45) is 0. The minimum absolute atomic E-state index is 0.191. The normalized spacial score (nSPS) is 11.9. The Bertz CT molecular complexity index is 796. The predicted octanol–water partition coefficient (Wildman–Crippen LogP) is 4.53. The molecule has 25 heavy (non-hydrogen) atoms. The van der Waals surface area contributed by atoms with Crippen LogP contribution in [-0.4, -0.2) is 17.9 Å². The maximum Gasteiger partial charge on any atom is 0.253 e. The van der Waals surface area contributed by atoms with E-state index in [1.165, 1.54) is 30.3 Å². The summed E-state index contributed by atoms with van der Waals surface area (Å²) in [6.45, 7) is 3.58. The highest BCUT2D eigenvalue weighted by molar-refractivity contribution is 6.36. The molecule has 1 atom stereocenters. The molecule has 0 aliphatic heterocycles. The molecule has 7 heteroatoms. The van der Waals surface area contributed by atoms with Crippen molar-refractivity contribution in [3.63, 3.8) is 0 Å². The second-order valence-corrected chi connectivity index (χ2v) is 6.66. The van der Waals surface area contributed by atoms with Crippen LogP contribution in [0.2, 0.25) is 10.0 Å². The monoisotopic (exact) mass is 382 g/mol. The minimum atomic E-state index is -0.817. The fourth-order valence-corrected chi connectivity index (χ4v) is 2.71. The van der Waals surface area contributed by atoms with Gasteiger partial charge >= 0.3 is 0 Å². The molecule has 0 heterocycles. The van der Waals surface area contributed by atoms with Gasteiger partial charge in [0.05, 0.1) is 10.6 Å². The molecule has 2 rings (SSSR count). The third-order valence-corrected chi connectivity index (χ3v) is 4.05. The highest BCUT2D eigenvalue weighted by atomic mass is 35.5. The summed E-state index contributed by atoms with van der Waals surface area (Å²) in [5.41, 5.74) is 0.532. The summed E-state index contributed by atoms with van der Waals surface area (Å²) in [4.78, 5) is 24.9. The molecule has 0 radical (unpaired) electrons. The van der Waals surface area contributed by atoms with E-state index in [4.69, 9.17) is 23.2 Å². The van der Waals surface area contributed by atoms with Crippen molar-refractivity contribution in [3.05, 3.63) is 63.9 Å². The summed E-state index contributed by atoms with van der Waals surface area (Å²) in [6, 6.07) is 9.20. The summed E-state index contributed by atoms with van der Waals surface area (Å²) < 4.78 is 13.2.